The van der Waals surface area contributed by atoms with E-state index in [0.29, 0.717) is 17.7 Å². The summed E-state index contributed by atoms with van der Waals surface area (Å²) < 4.78 is 31.8. The molecule has 2 aromatic carbocycles. The molecule has 3 heterocycles. The van der Waals surface area contributed by atoms with Crippen LogP contribution in [0.4, 0.5) is 8.78 Å². The van der Waals surface area contributed by atoms with Gasteiger partial charge >= 0.3 is 0 Å². The predicted molar refractivity (Wildman–Crippen MR) is 119 cm³/mol. The van der Waals surface area contributed by atoms with Crippen molar-refractivity contribution >= 4 is 38.6 Å². The summed E-state index contributed by atoms with van der Waals surface area (Å²) in [6.07, 6.45) is 0. The van der Waals surface area contributed by atoms with Crippen molar-refractivity contribution in [3.8, 4) is 11.3 Å². The van der Waals surface area contributed by atoms with E-state index in [0.717, 1.165) is 27.9 Å². The van der Waals surface area contributed by atoms with Crippen molar-refractivity contribution < 1.29 is 23.8 Å². The molecule has 5 aromatic rings. The average molecular weight is 481 g/mol. The topological polar surface area (TPSA) is 121 Å². The summed E-state index contributed by atoms with van der Waals surface area (Å²) >= 11 is 1.54. The maximum absolute atomic E-state index is 14.6. The SMILES string of the molecule is [O-]/C(=N\OCCO)c1c(F)cc(-c2ccc3nnn(Cc4ccc5ncsc5c4)c3n2)cc1F. The second-order valence-corrected chi connectivity index (χ2v) is 8.10. The quantitative estimate of drug-likeness (QED) is 0.164. The van der Waals surface area contributed by atoms with Gasteiger partial charge in [0.25, 0.3) is 0 Å². The van der Waals surface area contributed by atoms with Gasteiger partial charge < -0.3 is 15.1 Å². The van der Waals surface area contributed by atoms with Gasteiger partial charge in [0.2, 0.25) is 0 Å². The van der Waals surface area contributed by atoms with Gasteiger partial charge in [-0.1, -0.05) is 11.3 Å². The molecule has 0 saturated carbocycles. The van der Waals surface area contributed by atoms with E-state index in [9.17, 15) is 13.9 Å². The van der Waals surface area contributed by atoms with E-state index in [-0.39, 0.29) is 24.5 Å². The Kier molecular flexibility index (Phi) is 5.82. The van der Waals surface area contributed by atoms with E-state index in [2.05, 4.69) is 30.3 Å². The van der Waals surface area contributed by atoms with E-state index in [1.807, 2.05) is 18.2 Å². The monoisotopic (exact) mass is 481 g/mol. The van der Waals surface area contributed by atoms with E-state index in [4.69, 9.17) is 5.11 Å². The van der Waals surface area contributed by atoms with Crippen LogP contribution in [-0.2, 0) is 11.4 Å². The fourth-order valence-electron chi connectivity index (χ4n) is 3.41. The van der Waals surface area contributed by atoms with Crippen LogP contribution in [-0.4, -0.2) is 49.2 Å². The molecule has 12 heteroatoms. The molecular formula is C22H15F2N6O3S-. The van der Waals surface area contributed by atoms with Gasteiger partial charge in [0, 0.05) is 11.5 Å². The lowest BCUT2D eigenvalue weighted by Crippen LogP contribution is -2.23. The predicted octanol–water partition coefficient (Wildman–Crippen LogP) is 2.46. The Labute approximate surface area is 194 Å². The fraction of sp³-hybridized carbons (Fsp3) is 0.136. The van der Waals surface area contributed by atoms with Crippen LogP contribution in [0.3, 0.4) is 0 Å². The summed E-state index contributed by atoms with van der Waals surface area (Å²) in [5.74, 6) is -3.44. The zero-order chi connectivity index (χ0) is 23.7. The molecule has 3 aromatic heterocycles. The number of oxime groups is 1. The minimum atomic E-state index is -1.22. The zero-order valence-electron chi connectivity index (χ0n) is 17.4. The third-order valence-corrected chi connectivity index (χ3v) is 5.76. The molecule has 5 rings (SSSR count). The number of hydrogen-bond acceptors (Lipinski definition) is 9. The molecule has 0 atom stereocenters. The minimum Gasteiger partial charge on any atom is -0.856 e. The fourth-order valence-corrected chi connectivity index (χ4v) is 4.15. The largest absolute Gasteiger partial charge is 0.856 e. The Morgan fingerprint density at radius 1 is 1.12 bits per heavy atom. The normalized spacial score (nSPS) is 12.0. The molecule has 1 N–H and O–H groups in total. The van der Waals surface area contributed by atoms with Gasteiger partial charge in [0.15, 0.2) is 5.65 Å². The van der Waals surface area contributed by atoms with Crippen molar-refractivity contribution in [1.29, 1.82) is 0 Å². The molecule has 0 amide bonds. The highest BCUT2D eigenvalue weighted by Gasteiger charge is 2.15. The molecule has 0 saturated heterocycles. The number of halogens is 2. The Morgan fingerprint density at radius 3 is 2.71 bits per heavy atom. The third-order valence-electron chi connectivity index (χ3n) is 4.97. The summed E-state index contributed by atoms with van der Waals surface area (Å²) in [5.41, 5.74) is 4.18. The minimum absolute atomic E-state index is 0.128. The number of nitrogens with zero attached hydrogens (tertiary/aromatic N) is 6. The first-order chi connectivity index (χ1) is 16.5. The summed E-state index contributed by atoms with van der Waals surface area (Å²) in [4.78, 5) is 13.3. The number of fused-ring (bicyclic) bond motifs is 2. The van der Waals surface area contributed by atoms with Crippen LogP contribution in [0.25, 0.3) is 32.6 Å². The molecule has 0 aliphatic rings. The van der Waals surface area contributed by atoms with Crippen LogP contribution in [0.1, 0.15) is 11.1 Å². The van der Waals surface area contributed by atoms with Crippen molar-refractivity contribution in [2.45, 2.75) is 6.54 Å². The van der Waals surface area contributed by atoms with Crippen molar-refractivity contribution in [3.05, 3.63) is 70.7 Å². The molecule has 0 unspecified atom stereocenters. The smallest absolute Gasteiger partial charge is 0.179 e. The van der Waals surface area contributed by atoms with Gasteiger partial charge in [0.05, 0.1) is 40.1 Å². The number of benzene rings is 2. The standard InChI is InChI=1S/C22H16F2N6O3S/c23-14-8-13(9-15(24)20(14)22(32)28-33-6-5-31)16-3-4-18-21(26-16)30(29-27-18)10-12-1-2-17-19(7-12)34-11-25-17/h1-4,7-9,11,31H,5-6,10H2,(H,28,32)/p-1. The Balaban J connectivity index is 1.48. The van der Waals surface area contributed by atoms with Gasteiger partial charge in [-0.3, -0.25) is 0 Å². The van der Waals surface area contributed by atoms with Gasteiger partial charge in [0.1, 0.15) is 23.8 Å². The maximum atomic E-state index is 14.6. The number of hydrogen-bond donors (Lipinski definition) is 1. The van der Waals surface area contributed by atoms with Crippen molar-refractivity contribution in [2.75, 3.05) is 13.2 Å². The van der Waals surface area contributed by atoms with Crippen molar-refractivity contribution in [2.24, 2.45) is 5.16 Å². The summed E-state index contributed by atoms with van der Waals surface area (Å²) in [5, 5.41) is 32.0. The highest BCUT2D eigenvalue weighted by atomic mass is 32.1. The van der Waals surface area contributed by atoms with E-state index in [1.165, 1.54) is 11.3 Å². The molecule has 34 heavy (non-hydrogen) atoms. The second-order valence-electron chi connectivity index (χ2n) is 7.21. The van der Waals surface area contributed by atoms with Gasteiger partial charge in [-0.2, -0.15) is 0 Å². The zero-order valence-corrected chi connectivity index (χ0v) is 18.2. The molecule has 172 valence electrons. The highest BCUT2D eigenvalue weighted by Crippen LogP contribution is 2.25. The number of aromatic nitrogens is 5. The van der Waals surface area contributed by atoms with Gasteiger partial charge in [-0.15, -0.1) is 21.6 Å². The Morgan fingerprint density at radius 2 is 1.91 bits per heavy atom. The lowest BCUT2D eigenvalue weighted by atomic mass is 10.1. The first-order valence-electron chi connectivity index (χ1n) is 10.0. The maximum Gasteiger partial charge on any atom is 0.179 e. The molecule has 0 aliphatic carbocycles. The van der Waals surface area contributed by atoms with E-state index in [1.54, 1.807) is 22.3 Å². The summed E-state index contributed by atoms with van der Waals surface area (Å²) in [6.45, 7) is -0.261. The van der Waals surface area contributed by atoms with Gasteiger partial charge in [-0.05, 0) is 42.0 Å². The lowest BCUT2D eigenvalue weighted by Gasteiger charge is -2.13. The van der Waals surface area contributed by atoms with Crippen LogP contribution in [0.5, 0.6) is 0 Å². The van der Waals surface area contributed by atoms with Crippen LogP contribution < -0.4 is 5.11 Å². The molecule has 0 fully saturated rings. The number of thiazole rings is 1. The molecule has 0 bridgehead atoms. The third kappa shape index (κ3) is 4.16. The first-order valence-corrected chi connectivity index (χ1v) is 10.9. The van der Waals surface area contributed by atoms with Crippen LogP contribution in [0.15, 0.2) is 53.1 Å². The van der Waals surface area contributed by atoms with Crippen molar-refractivity contribution in [3.63, 3.8) is 0 Å². The average Bonchev–Trinajstić information content (AvgIpc) is 3.45. The van der Waals surface area contributed by atoms with E-state index < -0.39 is 23.1 Å². The number of aliphatic hydroxyl groups excluding tert-OH is 1. The van der Waals surface area contributed by atoms with Crippen LogP contribution in [0, 0.1) is 11.6 Å². The number of aliphatic hydroxyl groups is 1. The summed E-state index contributed by atoms with van der Waals surface area (Å²) in [6, 6.07) is 11.1. The molecular weight excluding hydrogens is 466 g/mol. The van der Waals surface area contributed by atoms with Gasteiger partial charge in [-0.25, -0.2) is 23.4 Å². The molecule has 0 spiro atoms. The summed E-state index contributed by atoms with van der Waals surface area (Å²) in [7, 11) is 0. The molecule has 9 nitrogen and oxygen atoms in total. The Bertz CT molecular complexity index is 1510. The lowest BCUT2D eigenvalue weighted by molar-refractivity contribution is -0.218. The van der Waals surface area contributed by atoms with Crippen molar-refractivity contribution in [1.82, 2.24) is 25.0 Å². The van der Waals surface area contributed by atoms with E-state index >= 15 is 0 Å². The Hall–Kier alpha value is -4.03. The number of pyridine rings is 1. The number of rotatable bonds is 7. The van der Waals surface area contributed by atoms with Crippen LogP contribution >= 0.6 is 11.3 Å². The van der Waals surface area contributed by atoms with Crippen LogP contribution in [0.2, 0.25) is 0 Å². The highest BCUT2D eigenvalue weighted by molar-refractivity contribution is 7.16. The molecule has 0 radical (unpaired) electrons. The molecule has 0 aliphatic heterocycles. The first kappa shape index (κ1) is 21.8. The second kappa shape index (κ2) is 9.08.